The summed E-state index contributed by atoms with van der Waals surface area (Å²) in [6.45, 7) is 2.05. The van der Waals surface area contributed by atoms with Gasteiger partial charge in [-0.2, -0.15) is 0 Å². The van der Waals surface area contributed by atoms with Crippen LogP contribution in [-0.2, 0) is 6.42 Å². The Hall–Kier alpha value is -0.940. The van der Waals surface area contributed by atoms with Crippen molar-refractivity contribution in [3.8, 4) is 0 Å². The maximum atomic E-state index is 12.1. The van der Waals surface area contributed by atoms with Gasteiger partial charge in [0.1, 0.15) is 0 Å². The molecule has 5 heteroatoms. The second-order valence-corrected chi connectivity index (χ2v) is 5.71. The summed E-state index contributed by atoms with van der Waals surface area (Å²) in [5.41, 5.74) is 6.76. The average molecular weight is 268 g/mol. The molecule has 17 heavy (non-hydrogen) atoms. The van der Waals surface area contributed by atoms with Gasteiger partial charge in [-0.3, -0.25) is 4.79 Å². The number of carbonyl (C=O) groups excluding carboxylic acids is 1. The fourth-order valence-corrected chi connectivity index (χ4v) is 3.02. The molecule has 1 unspecified atom stereocenters. The van der Waals surface area contributed by atoms with Crippen LogP contribution >= 0.6 is 23.6 Å². The van der Waals surface area contributed by atoms with Gasteiger partial charge in [0, 0.05) is 0 Å². The molecule has 2 rings (SSSR count). The molecule has 1 heterocycles. The van der Waals surface area contributed by atoms with E-state index < -0.39 is 0 Å². The smallest absolute Gasteiger partial charge is 0.262 e. The van der Waals surface area contributed by atoms with Gasteiger partial charge in [0.2, 0.25) is 0 Å². The molecule has 92 valence electrons. The number of hydrogen-bond acceptors (Lipinski definition) is 3. The molecule has 1 atom stereocenters. The van der Waals surface area contributed by atoms with Gasteiger partial charge in [-0.15, -0.1) is 11.3 Å². The molecule has 0 bridgehead atoms. The van der Waals surface area contributed by atoms with Crippen LogP contribution in [0.1, 0.15) is 35.0 Å². The lowest BCUT2D eigenvalue weighted by Gasteiger charge is -2.16. The Labute approximate surface area is 110 Å². The molecule has 1 aliphatic rings. The minimum absolute atomic E-state index is 0.0402. The summed E-state index contributed by atoms with van der Waals surface area (Å²) in [6, 6.07) is 1.86. The van der Waals surface area contributed by atoms with E-state index in [1.54, 1.807) is 0 Å². The molecule has 1 amide bonds. The van der Waals surface area contributed by atoms with Gasteiger partial charge in [0.15, 0.2) is 0 Å². The van der Waals surface area contributed by atoms with Crippen molar-refractivity contribution in [3.05, 3.63) is 21.9 Å². The SMILES string of the molecule is CCc1ccsc1C(=O)NC(C(N)=S)C1CC1. The van der Waals surface area contributed by atoms with E-state index in [-0.39, 0.29) is 11.9 Å². The molecule has 1 saturated carbocycles. The highest BCUT2D eigenvalue weighted by atomic mass is 32.1. The maximum Gasteiger partial charge on any atom is 0.262 e. The molecule has 0 aromatic carbocycles. The van der Waals surface area contributed by atoms with Crippen molar-refractivity contribution in [3.63, 3.8) is 0 Å². The van der Waals surface area contributed by atoms with Gasteiger partial charge in [0.25, 0.3) is 5.91 Å². The number of amides is 1. The number of carbonyl (C=O) groups is 1. The van der Waals surface area contributed by atoms with Crippen LogP contribution < -0.4 is 11.1 Å². The standard InChI is InChI=1S/C12H16N2OS2/c1-2-7-5-6-17-10(7)12(15)14-9(11(13)16)8-3-4-8/h5-6,8-9H,2-4H2,1H3,(H2,13,16)(H,14,15). The number of nitrogens with two attached hydrogens (primary N) is 1. The summed E-state index contributed by atoms with van der Waals surface area (Å²) in [5.74, 6) is 0.406. The molecule has 0 spiro atoms. The van der Waals surface area contributed by atoms with Crippen LogP contribution in [0.15, 0.2) is 11.4 Å². The van der Waals surface area contributed by atoms with Crippen molar-refractivity contribution < 1.29 is 4.79 Å². The first kappa shape index (κ1) is 12.5. The lowest BCUT2D eigenvalue weighted by atomic mass is 10.1. The summed E-state index contributed by atoms with van der Waals surface area (Å²) in [5, 5.41) is 4.91. The van der Waals surface area contributed by atoms with Gasteiger partial charge < -0.3 is 11.1 Å². The molecule has 0 radical (unpaired) electrons. The Morgan fingerprint density at radius 1 is 1.71 bits per heavy atom. The van der Waals surface area contributed by atoms with E-state index in [0.29, 0.717) is 10.9 Å². The van der Waals surface area contributed by atoms with Crippen molar-refractivity contribution in [2.24, 2.45) is 11.7 Å². The molecule has 0 saturated heterocycles. The summed E-state index contributed by atoms with van der Waals surface area (Å²) in [6.07, 6.45) is 3.08. The van der Waals surface area contributed by atoms with Crippen molar-refractivity contribution in [1.82, 2.24) is 5.32 Å². The van der Waals surface area contributed by atoms with Crippen LogP contribution in [0.4, 0.5) is 0 Å². The zero-order chi connectivity index (χ0) is 12.4. The van der Waals surface area contributed by atoms with E-state index in [9.17, 15) is 4.79 Å². The van der Waals surface area contributed by atoms with Crippen LogP contribution in [0.5, 0.6) is 0 Å². The van der Waals surface area contributed by atoms with Crippen LogP contribution in [0, 0.1) is 5.92 Å². The van der Waals surface area contributed by atoms with Gasteiger partial charge in [0.05, 0.1) is 15.9 Å². The van der Waals surface area contributed by atoms with E-state index in [1.807, 2.05) is 18.4 Å². The van der Waals surface area contributed by atoms with Gasteiger partial charge in [-0.05, 0) is 42.2 Å². The number of hydrogen-bond donors (Lipinski definition) is 2. The molecule has 0 aliphatic heterocycles. The Bertz CT molecular complexity index is 437. The highest BCUT2D eigenvalue weighted by Crippen LogP contribution is 2.33. The fourth-order valence-electron chi connectivity index (χ4n) is 1.87. The zero-order valence-corrected chi connectivity index (χ0v) is 11.4. The molecular formula is C12H16N2OS2. The summed E-state index contributed by atoms with van der Waals surface area (Å²) in [4.78, 5) is 13.3. The average Bonchev–Trinajstić information content (AvgIpc) is 3.01. The Morgan fingerprint density at radius 3 is 2.94 bits per heavy atom. The Balaban J connectivity index is 2.07. The first-order valence-corrected chi connectivity index (χ1v) is 7.08. The van der Waals surface area contributed by atoms with Gasteiger partial charge in [-0.25, -0.2) is 0 Å². The Kier molecular flexibility index (Phi) is 3.79. The monoisotopic (exact) mass is 268 g/mol. The third-order valence-corrected chi connectivity index (χ3v) is 4.23. The highest BCUT2D eigenvalue weighted by Gasteiger charge is 2.34. The number of thiocarbonyl (C=S) groups is 1. The number of rotatable bonds is 5. The lowest BCUT2D eigenvalue weighted by Crippen LogP contribution is -2.45. The van der Waals surface area contributed by atoms with Crippen LogP contribution in [0.3, 0.4) is 0 Å². The minimum Gasteiger partial charge on any atom is -0.392 e. The summed E-state index contributed by atoms with van der Waals surface area (Å²) < 4.78 is 0. The van der Waals surface area contributed by atoms with E-state index in [0.717, 1.165) is 29.7 Å². The van der Waals surface area contributed by atoms with Gasteiger partial charge >= 0.3 is 0 Å². The van der Waals surface area contributed by atoms with Crippen molar-refractivity contribution in [2.45, 2.75) is 32.2 Å². The molecule has 1 aromatic heterocycles. The topological polar surface area (TPSA) is 55.1 Å². The van der Waals surface area contributed by atoms with E-state index in [4.69, 9.17) is 18.0 Å². The maximum absolute atomic E-state index is 12.1. The van der Waals surface area contributed by atoms with Crippen molar-refractivity contribution in [2.75, 3.05) is 0 Å². The van der Waals surface area contributed by atoms with Crippen molar-refractivity contribution in [1.29, 1.82) is 0 Å². The fraction of sp³-hybridized carbons (Fsp3) is 0.500. The van der Waals surface area contributed by atoms with E-state index in [2.05, 4.69) is 5.32 Å². The van der Waals surface area contributed by atoms with Crippen molar-refractivity contribution >= 4 is 34.5 Å². The summed E-state index contributed by atoms with van der Waals surface area (Å²) >= 11 is 6.48. The number of nitrogens with one attached hydrogen (secondary N) is 1. The minimum atomic E-state index is -0.135. The predicted octanol–water partition coefficient (Wildman–Crippen LogP) is 2.11. The van der Waals surface area contributed by atoms with Gasteiger partial charge in [-0.1, -0.05) is 19.1 Å². The highest BCUT2D eigenvalue weighted by molar-refractivity contribution is 7.80. The predicted molar refractivity (Wildman–Crippen MR) is 74.5 cm³/mol. The molecular weight excluding hydrogens is 252 g/mol. The second-order valence-electron chi connectivity index (χ2n) is 4.32. The zero-order valence-electron chi connectivity index (χ0n) is 9.73. The first-order chi connectivity index (χ1) is 8.13. The molecule has 3 N–H and O–H groups in total. The molecule has 3 nitrogen and oxygen atoms in total. The molecule has 1 aromatic rings. The molecule has 1 aliphatic carbocycles. The second kappa shape index (κ2) is 5.14. The quantitative estimate of drug-likeness (QED) is 0.804. The lowest BCUT2D eigenvalue weighted by molar-refractivity contribution is 0.0947. The first-order valence-electron chi connectivity index (χ1n) is 5.80. The van der Waals surface area contributed by atoms with Crippen LogP contribution in [-0.4, -0.2) is 16.9 Å². The van der Waals surface area contributed by atoms with E-state index in [1.165, 1.54) is 11.3 Å². The number of aryl methyl sites for hydroxylation is 1. The largest absolute Gasteiger partial charge is 0.392 e. The Morgan fingerprint density at radius 2 is 2.41 bits per heavy atom. The number of thiophene rings is 1. The van der Waals surface area contributed by atoms with Crippen LogP contribution in [0.25, 0.3) is 0 Å². The van der Waals surface area contributed by atoms with Crippen LogP contribution in [0.2, 0.25) is 0 Å². The summed E-state index contributed by atoms with van der Waals surface area (Å²) in [7, 11) is 0. The normalized spacial score (nSPS) is 16.5. The van der Waals surface area contributed by atoms with E-state index >= 15 is 0 Å². The third kappa shape index (κ3) is 2.84. The third-order valence-electron chi connectivity index (χ3n) is 3.02. The molecule has 1 fully saturated rings.